The molecule has 0 aliphatic heterocycles. The van der Waals surface area contributed by atoms with Gasteiger partial charge in [0.2, 0.25) is 6.29 Å². The smallest absolute Gasteiger partial charge is 0.204 e. The summed E-state index contributed by atoms with van der Waals surface area (Å²) in [6, 6.07) is 0. The number of hydrogen-bond acceptors (Lipinski definition) is 4. The molecule has 0 saturated carbocycles. The van der Waals surface area contributed by atoms with Crippen LogP contribution in [0.5, 0.6) is 0 Å². The van der Waals surface area contributed by atoms with E-state index in [9.17, 15) is 4.79 Å². The predicted octanol–water partition coefficient (Wildman–Crippen LogP) is 0.499. The van der Waals surface area contributed by atoms with Crippen LogP contribution in [0.1, 0.15) is 10.6 Å². The van der Waals surface area contributed by atoms with Crippen LogP contribution in [0.4, 0.5) is 0 Å². The molecule has 0 aromatic carbocycles. The molecule has 1 aromatic rings. The topological polar surface area (TPSA) is 42.9 Å². The highest BCUT2D eigenvalue weighted by Gasteiger charge is 2.00. The molecule has 9 heavy (non-hydrogen) atoms. The third-order valence-corrected chi connectivity index (χ3v) is 1.66. The van der Waals surface area contributed by atoms with Crippen LogP contribution >= 0.6 is 11.5 Å². The van der Waals surface area contributed by atoms with Crippen LogP contribution in [0.2, 0.25) is 0 Å². The van der Waals surface area contributed by atoms with Gasteiger partial charge in [-0.05, 0) is 18.5 Å². The van der Waals surface area contributed by atoms with Crippen molar-refractivity contribution in [3.63, 3.8) is 0 Å². The Morgan fingerprint density at radius 1 is 1.78 bits per heavy atom. The summed E-state index contributed by atoms with van der Waals surface area (Å²) in [5.74, 6) is 0. The molecule has 1 radical (unpaired) electrons. The minimum Gasteiger partial charge on any atom is -0.290 e. The molecule has 47 valence electrons. The fourth-order valence-corrected chi connectivity index (χ4v) is 0.962. The second kappa shape index (κ2) is 2.68. The maximum atomic E-state index is 9.84. The lowest BCUT2D eigenvalue weighted by atomic mass is 10.3. The molecule has 0 unspecified atom stereocenters. The first-order valence-corrected chi connectivity index (χ1v) is 3.24. The summed E-state index contributed by atoms with van der Waals surface area (Å²) in [7, 11) is 0. The average molecular weight is 141 g/mol. The molecule has 1 heterocycles. The Bertz CT molecular complexity index is 208. The molecular weight excluding hydrogens is 136 g/mol. The zero-order valence-corrected chi connectivity index (χ0v) is 5.73. The summed E-state index contributed by atoms with van der Waals surface area (Å²) in [5, 5.41) is 3.71. The van der Waals surface area contributed by atoms with Crippen LogP contribution in [0.25, 0.3) is 0 Å². The van der Waals surface area contributed by atoms with Crippen LogP contribution in [-0.2, 0) is 11.2 Å². The Kier molecular flexibility index (Phi) is 1.89. The van der Waals surface area contributed by atoms with Gasteiger partial charge < -0.3 is 0 Å². The van der Waals surface area contributed by atoms with Crippen molar-refractivity contribution in [3.8, 4) is 0 Å². The first-order valence-electron chi connectivity index (χ1n) is 2.47. The van der Waals surface area contributed by atoms with Crippen molar-refractivity contribution in [1.82, 2.24) is 9.59 Å². The van der Waals surface area contributed by atoms with E-state index in [0.717, 1.165) is 10.6 Å². The Morgan fingerprint density at radius 2 is 2.56 bits per heavy atom. The van der Waals surface area contributed by atoms with E-state index in [1.54, 1.807) is 6.29 Å². The molecular formula is C5H5N2OS. The normalized spacial score (nSPS) is 9.44. The summed E-state index contributed by atoms with van der Waals surface area (Å²) < 4.78 is 3.65. The number of nitrogens with zero attached hydrogens (tertiary/aromatic N) is 2. The molecule has 0 bridgehead atoms. The Balaban J connectivity index is 2.80. The summed E-state index contributed by atoms with van der Waals surface area (Å²) in [4.78, 5) is 10.8. The molecule has 4 heteroatoms. The summed E-state index contributed by atoms with van der Waals surface area (Å²) >= 11 is 1.30. The largest absolute Gasteiger partial charge is 0.290 e. The van der Waals surface area contributed by atoms with E-state index in [4.69, 9.17) is 0 Å². The molecule has 0 N–H and O–H groups in total. The summed E-state index contributed by atoms with van der Waals surface area (Å²) in [6.07, 6.45) is 2.03. The fraction of sp³-hybridized carbons (Fsp3) is 0.400. The SMILES string of the molecule is Cc1snnc1C[C]=O. The maximum Gasteiger partial charge on any atom is 0.204 e. The van der Waals surface area contributed by atoms with Gasteiger partial charge in [-0.15, -0.1) is 5.10 Å². The quantitative estimate of drug-likeness (QED) is 0.602. The number of rotatable bonds is 2. The second-order valence-electron chi connectivity index (χ2n) is 1.60. The molecule has 0 aliphatic rings. The standard InChI is InChI=1S/C5H5N2OS/c1-4-5(2-3-8)6-7-9-4/h2H2,1H3. The third-order valence-electron chi connectivity index (χ3n) is 0.985. The number of carbonyl (C=O) groups excluding carboxylic acids is 1. The van der Waals surface area contributed by atoms with Crippen molar-refractivity contribution < 1.29 is 4.79 Å². The van der Waals surface area contributed by atoms with E-state index in [2.05, 4.69) is 9.59 Å². The lowest BCUT2D eigenvalue weighted by molar-refractivity contribution is 0.554. The molecule has 1 aromatic heterocycles. The van der Waals surface area contributed by atoms with Crippen molar-refractivity contribution in [1.29, 1.82) is 0 Å². The van der Waals surface area contributed by atoms with Crippen LogP contribution in [-0.4, -0.2) is 15.9 Å². The van der Waals surface area contributed by atoms with E-state index in [1.165, 1.54) is 11.5 Å². The van der Waals surface area contributed by atoms with Gasteiger partial charge in [0.1, 0.15) is 0 Å². The van der Waals surface area contributed by atoms with Crippen molar-refractivity contribution in [2.45, 2.75) is 13.3 Å². The predicted molar refractivity (Wildman–Crippen MR) is 34.0 cm³/mol. The molecule has 0 fully saturated rings. The van der Waals surface area contributed by atoms with Crippen molar-refractivity contribution >= 4 is 17.8 Å². The highest BCUT2D eigenvalue weighted by atomic mass is 32.1. The summed E-state index contributed by atoms with van der Waals surface area (Å²) in [5.41, 5.74) is 0.745. The van der Waals surface area contributed by atoms with E-state index >= 15 is 0 Å². The van der Waals surface area contributed by atoms with E-state index < -0.39 is 0 Å². The molecule has 0 atom stereocenters. The lowest BCUT2D eigenvalue weighted by Gasteiger charge is -1.81. The number of aryl methyl sites for hydroxylation is 1. The summed E-state index contributed by atoms with van der Waals surface area (Å²) in [6.45, 7) is 1.89. The van der Waals surface area contributed by atoms with Crippen LogP contribution in [0, 0.1) is 6.92 Å². The zero-order chi connectivity index (χ0) is 6.69. The monoisotopic (exact) mass is 141 g/mol. The van der Waals surface area contributed by atoms with Crippen LogP contribution in [0.15, 0.2) is 0 Å². The van der Waals surface area contributed by atoms with Gasteiger partial charge in [0.25, 0.3) is 0 Å². The minimum absolute atomic E-state index is 0.266. The third kappa shape index (κ3) is 1.32. The molecule has 0 aliphatic carbocycles. The molecule has 0 amide bonds. The van der Waals surface area contributed by atoms with Gasteiger partial charge in [-0.3, -0.25) is 4.79 Å². The van der Waals surface area contributed by atoms with Crippen molar-refractivity contribution in [2.24, 2.45) is 0 Å². The Hall–Kier alpha value is -0.770. The van der Waals surface area contributed by atoms with Gasteiger partial charge in [-0.25, -0.2) is 0 Å². The van der Waals surface area contributed by atoms with Gasteiger partial charge >= 0.3 is 0 Å². The van der Waals surface area contributed by atoms with Crippen molar-refractivity contribution in [3.05, 3.63) is 10.6 Å². The lowest BCUT2D eigenvalue weighted by Crippen LogP contribution is -1.87. The van der Waals surface area contributed by atoms with Gasteiger partial charge in [-0.1, -0.05) is 4.49 Å². The average Bonchev–Trinajstić information content (AvgIpc) is 2.18. The van der Waals surface area contributed by atoms with Gasteiger partial charge in [0.05, 0.1) is 12.1 Å². The first-order chi connectivity index (χ1) is 4.34. The van der Waals surface area contributed by atoms with Gasteiger partial charge in [0.15, 0.2) is 0 Å². The molecule has 0 spiro atoms. The Labute approximate surface area is 56.9 Å². The minimum atomic E-state index is 0.266. The van der Waals surface area contributed by atoms with E-state index in [1.807, 2.05) is 6.92 Å². The number of aromatic nitrogens is 2. The number of hydrogen-bond donors (Lipinski definition) is 0. The zero-order valence-electron chi connectivity index (χ0n) is 4.92. The molecule has 1 rings (SSSR count). The van der Waals surface area contributed by atoms with E-state index in [-0.39, 0.29) is 6.42 Å². The van der Waals surface area contributed by atoms with Gasteiger partial charge in [-0.2, -0.15) is 0 Å². The van der Waals surface area contributed by atoms with Crippen LogP contribution < -0.4 is 0 Å². The van der Waals surface area contributed by atoms with E-state index in [0.29, 0.717) is 0 Å². The molecule has 3 nitrogen and oxygen atoms in total. The fourth-order valence-electron chi connectivity index (χ4n) is 0.482. The second-order valence-corrected chi connectivity index (χ2v) is 2.56. The van der Waals surface area contributed by atoms with Crippen LogP contribution in [0.3, 0.4) is 0 Å². The maximum absolute atomic E-state index is 9.84. The Morgan fingerprint density at radius 3 is 3.00 bits per heavy atom. The van der Waals surface area contributed by atoms with Gasteiger partial charge in [0, 0.05) is 4.88 Å². The van der Waals surface area contributed by atoms with Crippen molar-refractivity contribution in [2.75, 3.05) is 0 Å². The highest BCUT2D eigenvalue weighted by molar-refractivity contribution is 7.05. The molecule has 0 saturated heterocycles. The highest BCUT2D eigenvalue weighted by Crippen LogP contribution is 2.06. The first kappa shape index (κ1) is 6.35.